The molecule has 0 aliphatic heterocycles. The number of H-pyrrole nitrogens is 1. The van der Waals surface area contributed by atoms with Crippen molar-refractivity contribution in [1.82, 2.24) is 9.97 Å². The molecule has 12 heavy (non-hydrogen) atoms. The second kappa shape index (κ2) is 2.88. The summed E-state index contributed by atoms with van der Waals surface area (Å²) in [6.45, 7) is 0. The molecule has 2 aromatic rings. The summed E-state index contributed by atoms with van der Waals surface area (Å²) in [6, 6.07) is 4.01. The first-order chi connectivity index (χ1) is 5.66. The molecule has 0 fully saturated rings. The number of hydrogen-bond donors (Lipinski definition) is 2. The van der Waals surface area contributed by atoms with E-state index in [1.165, 1.54) is 0 Å². The monoisotopic (exact) mass is 337 g/mol. The number of rotatable bonds is 0. The van der Waals surface area contributed by atoms with Crippen LogP contribution >= 0.6 is 38.5 Å². The highest BCUT2D eigenvalue weighted by atomic mass is 127. The Hall–Kier alpha value is -0.300. The summed E-state index contributed by atoms with van der Waals surface area (Å²) in [7, 11) is 0. The minimum absolute atomic E-state index is 0.452. The van der Waals surface area contributed by atoms with Crippen molar-refractivity contribution >= 4 is 55.5 Å². The van der Waals surface area contributed by atoms with Gasteiger partial charge < -0.3 is 10.7 Å². The molecule has 5 heteroatoms. The number of nitrogen functional groups attached to an aromatic ring is 1. The molecule has 3 N–H and O–H groups in total. The summed E-state index contributed by atoms with van der Waals surface area (Å²) < 4.78 is 2.12. The lowest BCUT2D eigenvalue weighted by molar-refractivity contribution is 1.35. The molecule has 0 spiro atoms. The van der Waals surface area contributed by atoms with Crippen molar-refractivity contribution in [2.45, 2.75) is 0 Å². The molecule has 0 radical (unpaired) electrons. The largest absolute Gasteiger partial charge is 0.369 e. The third-order valence-electron chi connectivity index (χ3n) is 1.52. The third-order valence-corrected chi connectivity index (χ3v) is 2.75. The standard InChI is InChI=1S/C7H5BrIN3/c8-4-1-3(9)2-5-6(4)12-7(10)11-5/h1-2H,(H3,10,11,12). The molecular formula is C7H5BrIN3. The number of nitrogens with two attached hydrogens (primary N) is 1. The topological polar surface area (TPSA) is 54.7 Å². The maximum absolute atomic E-state index is 5.52. The van der Waals surface area contributed by atoms with E-state index in [0.29, 0.717) is 5.95 Å². The number of nitrogens with one attached hydrogen (secondary N) is 1. The Morgan fingerprint density at radius 1 is 1.50 bits per heavy atom. The van der Waals surface area contributed by atoms with Crippen LogP contribution in [-0.4, -0.2) is 9.97 Å². The van der Waals surface area contributed by atoms with Gasteiger partial charge in [0.05, 0.1) is 5.52 Å². The second-order valence-corrected chi connectivity index (χ2v) is 4.51. The van der Waals surface area contributed by atoms with Gasteiger partial charge in [0.1, 0.15) is 5.52 Å². The summed E-state index contributed by atoms with van der Waals surface area (Å²) in [5.74, 6) is 0.452. The number of fused-ring (bicyclic) bond motifs is 1. The van der Waals surface area contributed by atoms with Gasteiger partial charge in [-0.25, -0.2) is 4.98 Å². The Bertz CT molecular complexity index is 437. The molecule has 62 valence electrons. The maximum Gasteiger partial charge on any atom is 0.198 e. The fraction of sp³-hybridized carbons (Fsp3) is 0. The maximum atomic E-state index is 5.52. The van der Waals surface area contributed by atoms with Crippen LogP contribution in [0.2, 0.25) is 0 Å². The van der Waals surface area contributed by atoms with Crippen LogP contribution in [0.5, 0.6) is 0 Å². The van der Waals surface area contributed by atoms with Crippen LogP contribution in [0.1, 0.15) is 0 Å². The normalized spacial score (nSPS) is 10.8. The molecule has 0 saturated carbocycles. The van der Waals surface area contributed by atoms with E-state index >= 15 is 0 Å². The number of halogens is 2. The Balaban J connectivity index is 2.88. The van der Waals surface area contributed by atoms with Gasteiger partial charge in [0.2, 0.25) is 0 Å². The number of imidazole rings is 1. The first-order valence-corrected chi connectivity index (χ1v) is 5.14. The van der Waals surface area contributed by atoms with Crippen molar-refractivity contribution in [3.63, 3.8) is 0 Å². The van der Waals surface area contributed by atoms with Gasteiger partial charge >= 0.3 is 0 Å². The van der Waals surface area contributed by atoms with E-state index in [4.69, 9.17) is 5.73 Å². The third kappa shape index (κ3) is 1.31. The van der Waals surface area contributed by atoms with Crippen molar-refractivity contribution in [2.75, 3.05) is 5.73 Å². The van der Waals surface area contributed by atoms with Gasteiger partial charge in [-0.05, 0) is 50.7 Å². The summed E-state index contributed by atoms with van der Waals surface area (Å²) in [5.41, 5.74) is 7.37. The Morgan fingerprint density at radius 3 is 3.00 bits per heavy atom. The highest BCUT2D eigenvalue weighted by molar-refractivity contribution is 14.1. The Labute approximate surface area is 91.0 Å². The SMILES string of the molecule is Nc1nc2c(Br)cc(I)cc2[nH]1. The lowest BCUT2D eigenvalue weighted by Crippen LogP contribution is -1.84. The number of anilines is 1. The van der Waals surface area contributed by atoms with E-state index in [1.54, 1.807) is 0 Å². The average molecular weight is 338 g/mol. The fourth-order valence-electron chi connectivity index (χ4n) is 1.06. The highest BCUT2D eigenvalue weighted by Crippen LogP contribution is 2.25. The van der Waals surface area contributed by atoms with Crippen LogP contribution in [-0.2, 0) is 0 Å². The van der Waals surface area contributed by atoms with Gasteiger partial charge in [-0.2, -0.15) is 0 Å². The minimum atomic E-state index is 0.452. The van der Waals surface area contributed by atoms with Gasteiger partial charge in [-0.1, -0.05) is 0 Å². The molecule has 0 aliphatic rings. The van der Waals surface area contributed by atoms with Crippen molar-refractivity contribution in [1.29, 1.82) is 0 Å². The molecule has 1 aromatic carbocycles. The van der Waals surface area contributed by atoms with E-state index in [0.717, 1.165) is 19.1 Å². The van der Waals surface area contributed by atoms with Crippen LogP contribution in [0.3, 0.4) is 0 Å². The zero-order chi connectivity index (χ0) is 8.72. The first kappa shape index (κ1) is 8.31. The smallest absolute Gasteiger partial charge is 0.198 e. The van der Waals surface area contributed by atoms with Crippen LogP contribution in [0.4, 0.5) is 5.95 Å². The first-order valence-electron chi connectivity index (χ1n) is 3.27. The Kier molecular flexibility index (Phi) is 1.99. The molecule has 3 nitrogen and oxygen atoms in total. The van der Waals surface area contributed by atoms with Crippen LogP contribution < -0.4 is 5.73 Å². The summed E-state index contributed by atoms with van der Waals surface area (Å²) >= 11 is 5.66. The molecule has 1 aromatic heterocycles. The average Bonchev–Trinajstić information content (AvgIpc) is 2.29. The van der Waals surface area contributed by atoms with E-state index in [9.17, 15) is 0 Å². The molecular weight excluding hydrogens is 333 g/mol. The highest BCUT2D eigenvalue weighted by Gasteiger charge is 2.04. The zero-order valence-electron chi connectivity index (χ0n) is 5.94. The van der Waals surface area contributed by atoms with Crippen molar-refractivity contribution in [3.8, 4) is 0 Å². The number of benzene rings is 1. The molecule has 2 rings (SSSR count). The number of aromatic amines is 1. The quantitative estimate of drug-likeness (QED) is 0.726. The summed E-state index contributed by atoms with van der Waals surface area (Å²) in [6.07, 6.45) is 0. The lowest BCUT2D eigenvalue weighted by atomic mass is 10.3. The zero-order valence-corrected chi connectivity index (χ0v) is 9.68. The summed E-state index contributed by atoms with van der Waals surface area (Å²) in [4.78, 5) is 7.10. The Morgan fingerprint density at radius 2 is 2.25 bits per heavy atom. The van der Waals surface area contributed by atoms with Gasteiger partial charge in [-0.3, -0.25) is 0 Å². The molecule has 0 atom stereocenters. The minimum Gasteiger partial charge on any atom is -0.369 e. The van der Waals surface area contributed by atoms with Crippen LogP contribution in [0.15, 0.2) is 16.6 Å². The molecule has 0 aliphatic carbocycles. The van der Waals surface area contributed by atoms with Crippen molar-refractivity contribution in [2.24, 2.45) is 0 Å². The predicted octanol–water partition coefficient (Wildman–Crippen LogP) is 2.51. The van der Waals surface area contributed by atoms with Gasteiger partial charge in [0.15, 0.2) is 5.95 Å². The molecule has 0 saturated heterocycles. The van der Waals surface area contributed by atoms with Crippen LogP contribution in [0, 0.1) is 3.57 Å². The van der Waals surface area contributed by atoms with Gasteiger partial charge in [0.25, 0.3) is 0 Å². The molecule has 0 unspecified atom stereocenters. The van der Waals surface area contributed by atoms with Crippen LogP contribution in [0.25, 0.3) is 11.0 Å². The van der Waals surface area contributed by atoms with Crippen molar-refractivity contribution in [3.05, 3.63) is 20.2 Å². The van der Waals surface area contributed by atoms with Crippen molar-refractivity contribution < 1.29 is 0 Å². The lowest BCUT2D eigenvalue weighted by Gasteiger charge is -1.93. The second-order valence-electron chi connectivity index (χ2n) is 2.41. The van der Waals surface area contributed by atoms with Gasteiger partial charge in [-0.15, -0.1) is 0 Å². The molecule has 0 amide bonds. The summed E-state index contributed by atoms with van der Waals surface area (Å²) in [5, 5.41) is 0. The molecule has 1 heterocycles. The van der Waals surface area contributed by atoms with E-state index in [-0.39, 0.29) is 0 Å². The molecule has 0 bridgehead atoms. The number of hydrogen-bond acceptors (Lipinski definition) is 2. The number of nitrogens with zero attached hydrogens (tertiary/aromatic N) is 1. The van der Waals surface area contributed by atoms with E-state index < -0.39 is 0 Å². The van der Waals surface area contributed by atoms with E-state index in [2.05, 4.69) is 48.5 Å². The fourth-order valence-corrected chi connectivity index (χ4v) is 2.66. The van der Waals surface area contributed by atoms with E-state index in [1.807, 2.05) is 12.1 Å². The van der Waals surface area contributed by atoms with Gasteiger partial charge in [0, 0.05) is 8.04 Å². The number of aromatic nitrogens is 2. The predicted molar refractivity (Wildman–Crippen MR) is 60.9 cm³/mol.